The number of hydrogen-bond donors (Lipinski definition) is 1. The molecule has 2 atom stereocenters. The van der Waals surface area contributed by atoms with E-state index in [1.807, 2.05) is 0 Å². The van der Waals surface area contributed by atoms with Gasteiger partial charge in [-0.2, -0.15) is 0 Å². The Bertz CT molecular complexity index is 460. The SMILES string of the molecule is Cc1ccc(CC(=O)N2CCC3CCC(C2)N3)cc1.Cl. The van der Waals surface area contributed by atoms with Gasteiger partial charge in [-0.3, -0.25) is 4.79 Å². The second-order valence-electron chi connectivity index (χ2n) is 5.93. The molecule has 2 unspecified atom stereocenters. The number of nitrogens with one attached hydrogen (secondary N) is 1. The number of halogens is 1. The van der Waals surface area contributed by atoms with Gasteiger partial charge in [-0.15, -0.1) is 12.4 Å². The van der Waals surface area contributed by atoms with Gasteiger partial charge in [-0.05, 0) is 31.7 Å². The average Bonchev–Trinajstić information content (AvgIpc) is 2.71. The second kappa shape index (κ2) is 6.59. The number of carbonyl (C=O) groups is 1. The van der Waals surface area contributed by atoms with Crippen molar-refractivity contribution in [3.8, 4) is 0 Å². The number of hydrogen-bond acceptors (Lipinski definition) is 2. The molecule has 0 saturated carbocycles. The lowest BCUT2D eigenvalue weighted by Crippen LogP contribution is -2.39. The molecule has 2 fully saturated rings. The van der Waals surface area contributed by atoms with Crippen molar-refractivity contribution in [1.29, 1.82) is 0 Å². The summed E-state index contributed by atoms with van der Waals surface area (Å²) in [6.07, 6.45) is 4.15. The molecule has 1 amide bonds. The van der Waals surface area contributed by atoms with Crippen LogP contribution in [-0.4, -0.2) is 36.0 Å². The minimum atomic E-state index is 0. The van der Waals surface area contributed by atoms with Gasteiger partial charge < -0.3 is 10.2 Å². The minimum Gasteiger partial charge on any atom is -0.341 e. The standard InChI is InChI=1S/C16H22N2O.ClH/c1-12-2-4-13(5-3-12)10-16(19)18-9-8-14-6-7-15(11-18)17-14;/h2-5,14-15,17H,6-11H2,1H3;1H. The molecule has 1 aromatic carbocycles. The van der Waals surface area contributed by atoms with Gasteiger partial charge in [0.2, 0.25) is 5.91 Å². The molecule has 2 saturated heterocycles. The molecule has 0 aromatic heterocycles. The van der Waals surface area contributed by atoms with Crippen molar-refractivity contribution in [2.75, 3.05) is 13.1 Å². The largest absolute Gasteiger partial charge is 0.341 e. The highest BCUT2D eigenvalue weighted by Gasteiger charge is 2.30. The van der Waals surface area contributed by atoms with Crippen LogP contribution in [0, 0.1) is 6.92 Å². The van der Waals surface area contributed by atoms with Crippen LogP contribution in [0.5, 0.6) is 0 Å². The number of benzene rings is 1. The third kappa shape index (κ3) is 3.53. The van der Waals surface area contributed by atoms with E-state index in [9.17, 15) is 4.79 Å². The Morgan fingerprint density at radius 2 is 1.90 bits per heavy atom. The van der Waals surface area contributed by atoms with E-state index in [2.05, 4.69) is 41.4 Å². The normalized spacial score (nSPS) is 24.9. The lowest BCUT2D eigenvalue weighted by molar-refractivity contribution is -0.130. The molecule has 20 heavy (non-hydrogen) atoms. The lowest BCUT2D eigenvalue weighted by Gasteiger charge is -2.24. The maximum atomic E-state index is 12.4. The van der Waals surface area contributed by atoms with Crippen molar-refractivity contribution in [3.63, 3.8) is 0 Å². The highest BCUT2D eigenvalue weighted by Crippen LogP contribution is 2.20. The molecular weight excluding hydrogens is 272 g/mol. The molecule has 2 bridgehead atoms. The quantitative estimate of drug-likeness (QED) is 0.908. The third-order valence-corrected chi connectivity index (χ3v) is 4.35. The topological polar surface area (TPSA) is 32.3 Å². The number of likely N-dealkylation sites (tertiary alicyclic amines) is 1. The molecule has 3 rings (SSSR count). The Labute approximate surface area is 127 Å². The number of fused-ring (bicyclic) bond motifs is 2. The first-order chi connectivity index (χ1) is 9.20. The van der Waals surface area contributed by atoms with Crippen LogP contribution in [-0.2, 0) is 11.2 Å². The molecule has 0 spiro atoms. The molecule has 110 valence electrons. The summed E-state index contributed by atoms with van der Waals surface area (Å²) < 4.78 is 0. The van der Waals surface area contributed by atoms with Crippen LogP contribution in [0.1, 0.15) is 30.4 Å². The number of carbonyl (C=O) groups excluding carboxylic acids is 1. The van der Waals surface area contributed by atoms with Gasteiger partial charge in [0, 0.05) is 25.2 Å². The van der Waals surface area contributed by atoms with Gasteiger partial charge in [0.05, 0.1) is 6.42 Å². The molecular formula is C16H23ClN2O. The zero-order valence-corrected chi connectivity index (χ0v) is 12.8. The van der Waals surface area contributed by atoms with Crippen LogP contribution in [0.3, 0.4) is 0 Å². The predicted octanol–water partition coefficient (Wildman–Crippen LogP) is 2.31. The summed E-state index contributed by atoms with van der Waals surface area (Å²) in [5.41, 5.74) is 2.37. The van der Waals surface area contributed by atoms with Crippen LogP contribution >= 0.6 is 12.4 Å². The molecule has 2 aliphatic rings. The predicted molar refractivity (Wildman–Crippen MR) is 83.3 cm³/mol. The smallest absolute Gasteiger partial charge is 0.227 e. The van der Waals surface area contributed by atoms with E-state index < -0.39 is 0 Å². The van der Waals surface area contributed by atoms with Crippen LogP contribution in [0.25, 0.3) is 0 Å². The zero-order valence-electron chi connectivity index (χ0n) is 12.0. The number of aryl methyl sites for hydroxylation is 1. The monoisotopic (exact) mass is 294 g/mol. The average molecular weight is 295 g/mol. The Hall–Kier alpha value is -1.06. The van der Waals surface area contributed by atoms with E-state index in [-0.39, 0.29) is 18.3 Å². The van der Waals surface area contributed by atoms with Crippen molar-refractivity contribution in [2.24, 2.45) is 0 Å². The molecule has 4 heteroatoms. The minimum absolute atomic E-state index is 0. The highest BCUT2D eigenvalue weighted by molar-refractivity contribution is 5.85. The first-order valence-electron chi connectivity index (χ1n) is 7.30. The van der Waals surface area contributed by atoms with Crippen molar-refractivity contribution < 1.29 is 4.79 Å². The number of nitrogens with zero attached hydrogens (tertiary/aromatic N) is 1. The van der Waals surface area contributed by atoms with E-state index in [1.54, 1.807) is 0 Å². The Morgan fingerprint density at radius 1 is 1.20 bits per heavy atom. The van der Waals surface area contributed by atoms with Gasteiger partial charge in [-0.25, -0.2) is 0 Å². The van der Waals surface area contributed by atoms with Crippen molar-refractivity contribution in [2.45, 2.75) is 44.7 Å². The Kier molecular flexibility index (Phi) is 5.06. The maximum absolute atomic E-state index is 12.4. The molecule has 1 N–H and O–H groups in total. The Balaban J connectivity index is 0.00000147. The molecule has 2 heterocycles. The van der Waals surface area contributed by atoms with Crippen molar-refractivity contribution in [3.05, 3.63) is 35.4 Å². The van der Waals surface area contributed by atoms with Crippen molar-refractivity contribution >= 4 is 18.3 Å². The maximum Gasteiger partial charge on any atom is 0.227 e. The summed E-state index contributed by atoms with van der Waals surface area (Å²) >= 11 is 0. The third-order valence-electron chi connectivity index (χ3n) is 4.35. The van der Waals surface area contributed by atoms with Crippen LogP contribution in [0.15, 0.2) is 24.3 Å². The fourth-order valence-corrected chi connectivity index (χ4v) is 3.16. The summed E-state index contributed by atoms with van der Waals surface area (Å²) in [6.45, 7) is 3.88. The van der Waals surface area contributed by atoms with Gasteiger partial charge in [0.25, 0.3) is 0 Å². The summed E-state index contributed by atoms with van der Waals surface area (Å²) in [5, 5.41) is 3.62. The summed E-state index contributed by atoms with van der Waals surface area (Å²) in [6, 6.07) is 9.45. The van der Waals surface area contributed by atoms with Crippen LogP contribution in [0.4, 0.5) is 0 Å². The van der Waals surface area contributed by atoms with E-state index >= 15 is 0 Å². The first-order valence-corrected chi connectivity index (χ1v) is 7.30. The van der Waals surface area contributed by atoms with Crippen LogP contribution < -0.4 is 5.32 Å². The van der Waals surface area contributed by atoms with E-state index in [0.29, 0.717) is 18.5 Å². The summed E-state index contributed by atoms with van der Waals surface area (Å²) in [7, 11) is 0. The molecule has 1 aromatic rings. The van der Waals surface area contributed by atoms with E-state index in [1.165, 1.54) is 18.4 Å². The first kappa shape index (κ1) is 15.3. The van der Waals surface area contributed by atoms with Gasteiger partial charge in [0.1, 0.15) is 0 Å². The van der Waals surface area contributed by atoms with Crippen molar-refractivity contribution in [1.82, 2.24) is 10.2 Å². The summed E-state index contributed by atoms with van der Waals surface area (Å²) in [4.78, 5) is 14.4. The molecule has 0 aliphatic carbocycles. The lowest BCUT2D eigenvalue weighted by atomic mass is 10.1. The summed E-state index contributed by atoms with van der Waals surface area (Å²) in [5.74, 6) is 0.276. The number of amides is 1. The van der Waals surface area contributed by atoms with Gasteiger partial charge in [0.15, 0.2) is 0 Å². The van der Waals surface area contributed by atoms with E-state index in [0.717, 1.165) is 25.1 Å². The molecule has 3 nitrogen and oxygen atoms in total. The Morgan fingerprint density at radius 3 is 2.65 bits per heavy atom. The van der Waals surface area contributed by atoms with Gasteiger partial charge >= 0.3 is 0 Å². The van der Waals surface area contributed by atoms with Gasteiger partial charge in [-0.1, -0.05) is 29.8 Å². The highest BCUT2D eigenvalue weighted by atomic mass is 35.5. The fraction of sp³-hybridized carbons (Fsp3) is 0.562. The number of rotatable bonds is 2. The molecule has 0 radical (unpaired) electrons. The van der Waals surface area contributed by atoms with E-state index in [4.69, 9.17) is 0 Å². The van der Waals surface area contributed by atoms with Crippen LogP contribution in [0.2, 0.25) is 0 Å². The molecule has 2 aliphatic heterocycles. The fourth-order valence-electron chi connectivity index (χ4n) is 3.16. The second-order valence-corrected chi connectivity index (χ2v) is 5.93. The zero-order chi connectivity index (χ0) is 13.2.